The maximum atomic E-state index is 13.2. The molecule has 0 bridgehead atoms. The molecular weight excluding hydrogens is 438 g/mol. The summed E-state index contributed by atoms with van der Waals surface area (Å²) in [5, 5.41) is 20.6. The number of aliphatic hydroxyl groups is 1. The van der Waals surface area contributed by atoms with Gasteiger partial charge in [-0.05, 0) is 55.3 Å². The molecule has 2 fully saturated rings. The van der Waals surface area contributed by atoms with Crippen LogP contribution in [0.2, 0.25) is 0 Å². The standard InChI is InChI=1S/C24H27N5O5/c1-14-3-4-16(23(32)28-9-2-10-28)13-18(14)29-11-12-34-20(24(29)33)19(30)22(31)27-17-7-5-15(6-8-17)21(25)26/h3-8,13,19-20,30H,2,9-12H2,1H3,(H3,25,26)(H,27,31). The fourth-order valence-corrected chi connectivity index (χ4v) is 3.89. The molecule has 4 rings (SSSR count). The Morgan fingerprint density at radius 1 is 1.15 bits per heavy atom. The van der Waals surface area contributed by atoms with Crippen LogP contribution in [0, 0.1) is 12.3 Å². The summed E-state index contributed by atoms with van der Waals surface area (Å²) in [6.45, 7) is 3.63. The maximum Gasteiger partial charge on any atom is 0.259 e. The minimum Gasteiger partial charge on any atom is -0.384 e. The predicted octanol–water partition coefficient (Wildman–Crippen LogP) is 0.856. The number of aryl methyl sites for hydroxylation is 1. The van der Waals surface area contributed by atoms with Crippen molar-refractivity contribution in [1.29, 1.82) is 5.41 Å². The van der Waals surface area contributed by atoms with Gasteiger partial charge in [0.15, 0.2) is 12.2 Å². The van der Waals surface area contributed by atoms with Gasteiger partial charge < -0.3 is 30.7 Å². The van der Waals surface area contributed by atoms with Gasteiger partial charge in [-0.25, -0.2) is 0 Å². The number of amidine groups is 1. The number of rotatable bonds is 6. The number of hydrogen-bond donors (Lipinski definition) is 4. The van der Waals surface area contributed by atoms with Crippen LogP contribution in [0.3, 0.4) is 0 Å². The molecule has 2 aromatic carbocycles. The van der Waals surface area contributed by atoms with Gasteiger partial charge in [0.05, 0.1) is 6.61 Å². The smallest absolute Gasteiger partial charge is 0.259 e. The first kappa shape index (κ1) is 23.4. The number of likely N-dealkylation sites (tertiary alicyclic amines) is 1. The molecule has 2 saturated heterocycles. The number of nitrogens with two attached hydrogens (primary N) is 1. The number of amides is 3. The number of aliphatic hydroxyl groups excluding tert-OH is 1. The topological polar surface area (TPSA) is 149 Å². The van der Waals surface area contributed by atoms with Crippen LogP contribution in [-0.4, -0.2) is 72.0 Å². The lowest BCUT2D eigenvalue weighted by atomic mass is 10.0. The Balaban J connectivity index is 1.48. The van der Waals surface area contributed by atoms with Gasteiger partial charge in [0.2, 0.25) is 0 Å². The third-order valence-corrected chi connectivity index (χ3v) is 6.03. The number of nitrogens with one attached hydrogen (secondary N) is 2. The maximum absolute atomic E-state index is 13.2. The fraction of sp³-hybridized carbons (Fsp3) is 0.333. The summed E-state index contributed by atoms with van der Waals surface area (Å²) in [5.74, 6) is -1.54. The van der Waals surface area contributed by atoms with Crippen LogP contribution in [0.15, 0.2) is 42.5 Å². The highest BCUT2D eigenvalue weighted by Crippen LogP contribution is 2.27. The van der Waals surface area contributed by atoms with Crippen molar-refractivity contribution in [3.63, 3.8) is 0 Å². The summed E-state index contributed by atoms with van der Waals surface area (Å²) >= 11 is 0. The molecule has 0 aromatic heterocycles. The minimum atomic E-state index is -1.74. The van der Waals surface area contributed by atoms with Crippen LogP contribution in [0.25, 0.3) is 0 Å². The van der Waals surface area contributed by atoms with E-state index in [1.807, 2.05) is 6.92 Å². The number of nitrogens with zero attached hydrogens (tertiary/aromatic N) is 2. The Labute approximate surface area is 196 Å². The molecular formula is C24H27N5O5. The average Bonchev–Trinajstić information content (AvgIpc) is 2.78. The Morgan fingerprint density at radius 3 is 2.44 bits per heavy atom. The first-order valence-corrected chi connectivity index (χ1v) is 11.0. The van der Waals surface area contributed by atoms with E-state index in [9.17, 15) is 19.5 Å². The van der Waals surface area contributed by atoms with E-state index in [1.54, 1.807) is 47.4 Å². The number of carbonyl (C=O) groups excluding carboxylic acids is 3. The second kappa shape index (κ2) is 9.62. The highest BCUT2D eigenvalue weighted by Gasteiger charge is 2.40. The second-order valence-electron chi connectivity index (χ2n) is 8.35. The molecule has 3 amide bonds. The molecule has 5 N–H and O–H groups in total. The minimum absolute atomic E-state index is 0.0834. The predicted molar refractivity (Wildman–Crippen MR) is 126 cm³/mol. The van der Waals surface area contributed by atoms with Crippen LogP contribution in [0.4, 0.5) is 11.4 Å². The van der Waals surface area contributed by atoms with Gasteiger partial charge in [0.25, 0.3) is 17.7 Å². The molecule has 2 aliphatic rings. The Bertz CT molecular complexity index is 1130. The van der Waals surface area contributed by atoms with Crippen molar-refractivity contribution in [2.24, 2.45) is 5.73 Å². The quantitative estimate of drug-likeness (QED) is 0.367. The first-order chi connectivity index (χ1) is 16.3. The van der Waals surface area contributed by atoms with Crippen molar-refractivity contribution >= 4 is 34.9 Å². The van der Waals surface area contributed by atoms with E-state index in [-0.39, 0.29) is 24.9 Å². The molecule has 0 spiro atoms. The Hall–Kier alpha value is -3.76. The summed E-state index contributed by atoms with van der Waals surface area (Å²) in [5.41, 5.74) is 8.12. The molecule has 2 aliphatic heterocycles. The molecule has 2 aromatic rings. The van der Waals surface area contributed by atoms with E-state index in [0.717, 1.165) is 25.1 Å². The lowest BCUT2D eigenvalue weighted by Gasteiger charge is -2.35. The van der Waals surface area contributed by atoms with Crippen LogP contribution >= 0.6 is 0 Å². The van der Waals surface area contributed by atoms with Crippen LogP contribution in [0.5, 0.6) is 0 Å². The fourth-order valence-electron chi connectivity index (χ4n) is 3.89. The molecule has 2 atom stereocenters. The van der Waals surface area contributed by atoms with Crippen molar-refractivity contribution in [3.8, 4) is 0 Å². The molecule has 34 heavy (non-hydrogen) atoms. The molecule has 178 valence electrons. The van der Waals surface area contributed by atoms with Crippen molar-refractivity contribution < 1.29 is 24.2 Å². The number of nitrogen functional groups attached to an aromatic ring is 1. The molecule has 2 unspecified atom stereocenters. The number of anilines is 2. The highest BCUT2D eigenvalue weighted by atomic mass is 16.5. The first-order valence-electron chi connectivity index (χ1n) is 11.0. The largest absolute Gasteiger partial charge is 0.384 e. The zero-order chi connectivity index (χ0) is 24.4. The van der Waals surface area contributed by atoms with Crippen molar-refractivity contribution in [2.75, 3.05) is 36.5 Å². The molecule has 10 heteroatoms. The van der Waals surface area contributed by atoms with E-state index in [4.69, 9.17) is 15.9 Å². The monoisotopic (exact) mass is 465 g/mol. The summed E-state index contributed by atoms with van der Waals surface area (Å²) in [4.78, 5) is 41.7. The zero-order valence-electron chi connectivity index (χ0n) is 18.8. The molecule has 10 nitrogen and oxygen atoms in total. The highest BCUT2D eigenvalue weighted by molar-refractivity contribution is 6.05. The van der Waals surface area contributed by atoms with E-state index >= 15 is 0 Å². The lowest BCUT2D eigenvalue weighted by molar-refractivity contribution is -0.150. The van der Waals surface area contributed by atoms with Crippen molar-refractivity contribution in [1.82, 2.24) is 4.90 Å². The Morgan fingerprint density at radius 2 is 1.82 bits per heavy atom. The van der Waals surface area contributed by atoms with Gasteiger partial charge in [0.1, 0.15) is 5.84 Å². The Kier molecular flexibility index (Phi) is 6.62. The number of benzene rings is 2. The number of ether oxygens (including phenoxy) is 1. The van der Waals surface area contributed by atoms with Gasteiger partial charge in [-0.15, -0.1) is 0 Å². The lowest BCUT2D eigenvalue weighted by Crippen LogP contribution is -2.55. The summed E-state index contributed by atoms with van der Waals surface area (Å²) in [6, 6.07) is 11.4. The van der Waals surface area contributed by atoms with Gasteiger partial charge in [-0.1, -0.05) is 6.07 Å². The summed E-state index contributed by atoms with van der Waals surface area (Å²) in [6.07, 6.45) is -2.15. The van der Waals surface area contributed by atoms with E-state index in [1.165, 1.54) is 4.90 Å². The van der Waals surface area contributed by atoms with Crippen molar-refractivity contribution in [3.05, 3.63) is 59.2 Å². The number of carbonyl (C=O) groups is 3. The molecule has 2 heterocycles. The number of morpholine rings is 1. The average molecular weight is 466 g/mol. The van der Waals surface area contributed by atoms with E-state index in [0.29, 0.717) is 22.5 Å². The molecule has 0 aliphatic carbocycles. The SMILES string of the molecule is Cc1ccc(C(=O)N2CCC2)cc1N1CCOC(C(O)C(=O)Nc2ccc(C(=N)N)cc2)C1=O. The van der Waals surface area contributed by atoms with Crippen molar-refractivity contribution in [2.45, 2.75) is 25.6 Å². The third-order valence-electron chi connectivity index (χ3n) is 6.03. The van der Waals surface area contributed by atoms with Gasteiger partial charge >= 0.3 is 0 Å². The van der Waals surface area contributed by atoms with Gasteiger partial charge in [0, 0.05) is 42.1 Å². The van der Waals surface area contributed by atoms with Crippen LogP contribution in [0.1, 0.15) is 27.9 Å². The zero-order valence-corrected chi connectivity index (χ0v) is 18.8. The third kappa shape index (κ3) is 4.63. The van der Waals surface area contributed by atoms with Crippen LogP contribution in [-0.2, 0) is 14.3 Å². The summed E-state index contributed by atoms with van der Waals surface area (Å²) in [7, 11) is 0. The molecule has 0 radical (unpaired) electrons. The molecule has 0 saturated carbocycles. The summed E-state index contributed by atoms with van der Waals surface area (Å²) < 4.78 is 5.47. The normalized spacial score (nSPS) is 18.8. The van der Waals surface area contributed by atoms with Crippen LogP contribution < -0.4 is 16.0 Å². The van der Waals surface area contributed by atoms with E-state index in [2.05, 4.69) is 5.32 Å². The van der Waals surface area contributed by atoms with Gasteiger partial charge in [-0.3, -0.25) is 19.8 Å². The van der Waals surface area contributed by atoms with Gasteiger partial charge in [-0.2, -0.15) is 0 Å². The number of hydrogen-bond acceptors (Lipinski definition) is 6. The van der Waals surface area contributed by atoms with E-state index < -0.39 is 24.0 Å². The second-order valence-corrected chi connectivity index (χ2v) is 8.35.